The molecule has 1 heterocycles. The zero-order chi connectivity index (χ0) is 14.7. The molecule has 2 N–H and O–H groups in total. The maximum absolute atomic E-state index is 12.4. The molecule has 2 rings (SSSR count). The molecule has 0 spiro atoms. The van der Waals surface area contributed by atoms with Gasteiger partial charge in [-0.1, -0.05) is 11.6 Å². The summed E-state index contributed by atoms with van der Waals surface area (Å²) >= 11 is 5.84. The van der Waals surface area contributed by atoms with Crippen LogP contribution in [-0.2, 0) is 0 Å². The smallest absolute Gasteiger partial charge is 0.282 e. The topological polar surface area (TPSA) is 89.5 Å². The van der Waals surface area contributed by atoms with Crippen molar-refractivity contribution < 1.29 is 9.72 Å². The third-order valence-corrected chi connectivity index (χ3v) is 3.86. The van der Waals surface area contributed by atoms with Crippen molar-refractivity contribution in [2.24, 2.45) is 11.7 Å². The second-order valence-corrected chi connectivity index (χ2v) is 5.33. The minimum absolute atomic E-state index is 0. The van der Waals surface area contributed by atoms with E-state index in [1.54, 1.807) is 4.90 Å². The van der Waals surface area contributed by atoms with Gasteiger partial charge in [-0.3, -0.25) is 14.9 Å². The zero-order valence-corrected chi connectivity index (χ0v) is 12.9. The van der Waals surface area contributed by atoms with Gasteiger partial charge in [-0.15, -0.1) is 12.4 Å². The number of rotatable bonds is 3. The van der Waals surface area contributed by atoms with Crippen LogP contribution in [0.1, 0.15) is 23.2 Å². The van der Waals surface area contributed by atoms with Crippen LogP contribution in [0, 0.1) is 16.0 Å². The summed E-state index contributed by atoms with van der Waals surface area (Å²) in [5.74, 6) is 0.0862. The number of halogens is 2. The standard InChI is InChI=1S/C13H16ClN3O3.ClH/c14-10-1-2-12(17(19)20)11(7-10)13(18)16-5-3-9(8-15)4-6-16;/h1-2,7,9H,3-6,8,15H2;1H. The fourth-order valence-electron chi connectivity index (χ4n) is 2.38. The summed E-state index contributed by atoms with van der Waals surface area (Å²) in [7, 11) is 0. The van der Waals surface area contributed by atoms with E-state index in [1.165, 1.54) is 18.2 Å². The van der Waals surface area contributed by atoms with Crippen LogP contribution in [0.4, 0.5) is 5.69 Å². The Morgan fingerprint density at radius 1 is 1.43 bits per heavy atom. The molecule has 0 radical (unpaired) electrons. The van der Waals surface area contributed by atoms with E-state index in [-0.39, 0.29) is 29.6 Å². The molecule has 0 aliphatic carbocycles. The highest BCUT2D eigenvalue weighted by Gasteiger charge is 2.28. The van der Waals surface area contributed by atoms with E-state index < -0.39 is 4.92 Å². The average molecular weight is 334 g/mol. The van der Waals surface area contributed by atoms with Crippen LogP contribution in [0.3, 0.4) is 0 Å². The van der Waals surface area contributed by atoms with E-state index in [4.69, 9.17) is 17.3 Å². The van der Waals surface area contributed by atoms with Crippen LogP contribution in [0.15, 0.2) is 18.2 Å². The number of nitrogens with zero attached hydrogens (tertiary/aromatic N) is 2. The molecule has 116 valence electrons. The summed E-state index contributed by atoms with van der Waals surface area (Å²) in [4.78, 5) is 24.5. The van der Waals surface area contributed by atoms with Gasteiger partial charge in [0.05, 0.1) is 4.92 Å². The number of nitro groups is 1. The molecule has 0 bridgehead atoms. The number of hydrogen-bond acceptors (Lipinski definition) is 4. The van der Waals surface area contributed by atoms with E-state index in [9.17, 15) is 14.9 Å². The molecule has 1 aromatic carbocycles. The molecule has 1 aliphatic heterocycles. The number of piperidine rings is 1. The van der Waals surface area contributed by atoms with Crippen molar-refractivity contribution in [2.75, 3.05) is 19.6 Å². The van der Waals surface area contributed by atoms with Gasteiger partial charge in [0.2, 0.25) is 0 Å². The van der Waals surface area contributed by atoms with Crippen molar-refractivity contribution in [3.63, 3.8) is 0 Å². The number of likely N-dealkylation sites (tertiary alicyclic amines) is 1. The summed E-state index contributed by atoms with van der Waals surface area (Å²) in [5, 5.41) is 11.3. The van der Waals surface area contributed by atoms with Gasteiger partial charge >= 0.3 is 0 Å². The molecular formula is C13H17Cl2N3O3. The van der Waals surface area contributed by atoms with Crippen LogP contribution < -0.4 is 5.73 Å². The van der Waals surface area contributed by atoms with Crippen molar-refractivity contribution in [1.29, 1.82) is 0 Å². The van der Waals surface area contributed by atoms with Crippen LogP contribution in [-0.4, -0.2) is 35.4 Å². The lowest BCUT2D eigenvalue weighted by molar-refractivity contribution is -0.385. The van der Waals surface area contributed by atoms with Gasteiger partial charge in [-0.2, -0.15) is 0 Å². The molecule has 1 aromatic rings. The molecule has 1 fully saturated rings. The van der Waals surface area contributed by atoms with Gasteiger partial charge in [-0.25, -0.2) is 0 Å². The number of carbonyl (C=O) groups is 1. The molecule has 1 amide bonds. The Morgan fingerprint density at radius 2 is 2.05 bits per heavy atom. The molecule has 1 saturated heterocycles. The summed E-state index contributed by atoms with van der Waals surface area (Å²) in [5.41, 5.74) is 5.45. The van der Waals surface area contributed by atoms with Crippen LogP contribution >= 0.6 is 24.0 Å². The Balaban J connectivity index is 0.00000220. The Morgan fingerprint density at radius 3 is 2.57 bits per heavy atom. The number of nitro benzene ring substituents is 1. The van der Waals surface area contributed by atoms with Gasteiger partial charge in [0.15, 0.2) is 0 Å². The lowest BCUT2D eigenvalue weighted by atomic mass is 9.96. The SMILES string of the molecule is Cl.NCC1CCN(C(=O)c2cc(Cl)ccc2[N+](=O)[O-])CC1. The number of hydrogen-bond donors (Lipinski definition) is 1. The van der Waals surface area contributed by atoms with Crippen molar-refractivity contribution in [3.8, 4) is 0 Å². The van der Waals surface area contributed by atoms with Gasteiger partial charge in [-0.05, 0) is 37.4 Å². The van der Waals surface area contributed by atoms with Crippen molar-refractivity contribution in [3.05, 3.63) is 38.9 Å². The van der Waals surface area contributed by atoms with Crippen molar-refractivity contribution >= 4 is 35.6 Å². The van der Waals surface area contributed by atoms with E-state index >= 15 is 0 Å². The summed E-state index contributed by atoms with van der Waals surface area (Å²) in [6, 6.07) is 4.04. The molecule has 0 saturated carbocycles. The van der Waals surface area contributed by atoms with Crippen molar-refractivity contribution in [2.45, 2.75) is 12.8 Å². The summed E-state index contributed by atoms with van der Waals surface area (Å²) < 4.78 is 0. The van der Waals surface area contributed by atoms with E-state index in [0.29, 0.717) is 30.6 Å². The molecule has 6 nitrogen and oxygen atoms in total. The second kappa shape index (κ2) is 7.59. The monoisotopic (exact) mass is 333 g/mol. The van der Waals surface area contributed by atoms with Gasteiger partial charge in [0.1, 0.15) is 5.56 Å². The molecule has 0 unspecified atom stereocenters. The Kier molecular flexibility index (Phi) is 6.39. The molecule has 1 aliphatic rings. The molecule has 21 heavy (non-hydrogen) atoms. The van der Waals surface area contributed by atoms with E-state index in [0.717, 1.165) is 12.8 Å². The van der Waals surface area contributed by atoms with Crippen LogP contribution in [0.25, 0.3) is 0 Å². The number of amides is 1. The van der Waals surface area contributed by atoms with E-state index in [2.05, 4.69) is 0 Å². The minimum atomic E-state index is -0.559. The molecular weight excluding hydrogens is 317 g/mol. The summed E-state index contributed by atoms with van der Waals surface area (Å²) in [6.07, 6.45) is 1.66. The van der Waals surface area contributed by atoms with Gasteiger partial charge in [0, 0.05) is 24.2 Å². The maximum atomic E-state index is 12.4. The highest BCUT2D eigenvalue weighted by atomic mass is 35.5. The first-order valence-corrected chi connectivity index (χ1v) is 6.84. The van der Waals surface area contributed by atoms with Gasteiger partial charge < -0.3 is 10.6 Å². The maximum Gasteiger partial charge on any atom is 0.282 e. The lowest BCUT2D eigenvalue weighted by Gasteiger charge is -2.31. The first-order valence-electron chi connectivity index (χ1n) is 6.46. The summed E-state index contributed by atoms with van der Waals surface area (Å²) in [6.45, 7) is 1.76. The third kappa shape index (κ3) is 4.06. The van der Waals surface area contributed by atoms with E-state index in [1.807, 2.05) is 0 Å². The second-order valence-electron chi connectivity index (χ2n) is 4.89. The zero-order valence-electron chi connectivity index (χ0n) is 11.3. The first-order chi connectivity index (χ1) is 9.52. The normalized spacial score (nSPS) is 15.4. The van der Waals surface area contributed by atoms with Crippen LogP contribution in [0.2, 0.25) is 5.02 Å². The predicted molar refractivity (Wildman–Crippen MR) is 83.0 cm³/mol. The Bertz CT molecular complexity index is 531. The highest BCUT2D eigenvalue weighted by molar-refractivity contribution is 6.31. The Hall–Kier alpha value is -1.37. The quantitative estimate of drug-likeness (QED) is 0.679. The number of benzene rings is 1. The fourth-order valence-corrected chi connectivity index (χ4v) is 2.55. The average Bonchev–Trinajstić information content (AvgIpc) is 2.46. The van der Waals surface area contributed by atoms with Crippen molar-refractivity contribution in [1.82, 2.24) is 4.90 Å². The number of nitrogens with two attached hydrogens (primary N) is 1. The molecule has 0 atom stereocenters. The van der Waals surface area contributed by atoms with Crippen LogP contribution in [0.5, 0.6) is 0 Å². The fraction of sp³-hybridized carbons (Fsp3) is 0.462. The minimum Gasteiger partial charge on any atom is -0.338 e. The molecule has 0 aromatic heterocycles. The number of carbonyl (C=O) groups excluding carboxylic acids is 1. The highest BCUT2D eigenvalue weighted by Crippen LogP contribution is 2.26. The first kappa shape index (κ1) is 17.7. The Labute approximate surface area is 133 Å². The largest absolute Gasteiger partial charge is 0.338 e. The molecule has 8 heteroatoms. The van der Waals surface area contributed by atoms with Gasteiger partial charge in [0.25, 0.3) is 11.6 Å². The predicted octanol–water partition coefficient (Wildman–Crippen LogP) is 2.48. The third-order valence-electron chi connectivity index (χ3n) is 3.62. The lowest BCUT2D eigenvalue weighted by Crippen LogP contribution is -2.40.